The van der Waals surface area contributed by atoms with Crippen LogP contribution in [0.25, 0.3) is 0 Å². The fourth-order valence-electron chi connectivity index (χ4n) is 6.36. The molecule has 0 fully saturated rings. The number of aryl methyl sites for hydroxylation is 4. The highest BCUT2D eigenvalue weighted by molar-refractivity contribution is 8.00. The molecular formula is C33H35B2NOS. The van der Waals surface area contributed by atoms with Crippen LogP contribution in [0.4, 0.5) is 11.4 Å². The van der Waals surface area contributed by atoms with E-state index in [9.17, 15) is 0 Å². The Morgan fingerprint density at radius 2 is 1.55 bits per heavy atom. The number of hydrogen-bond acceptors (Lipinski definition) is 3. The zero-order valence-electron chi connectivity index (χ0n) is 23.8. The molecule has 0 saturated carbocycles. The van der Waals surface area contributed by atoms with Gasteiger partial charge in [-0.05, 0) is 91.4 Å². The smallest absolute Gasteiger partial charge is 0.251 e. The number of fused-ring (bicyclic) bond motifs is 4. The predicted octanol–water partition coefficient (Wildman–Crippen LogP) is 4.96. The second kappa shape index (κ2) is 9.02. The van der Waals surface area contributed by atoms with Crippen LogP contribution >= 0.6 is 11.9 Å². The van der Waals surface area contributed by atoms with Crippen molar-refractivity contribution in [2.24, 2.45) is 0 Å². The van der Waals surface area contributed by atoms with E-state index >= 15 is 0 Å². The van der Waals surface area contributed by atoms with Crippen molar-refractivity contribution in [2.45, 2.75) is 53.9 Å². The van der Waals surface area contributed by atoms with E-state index in [1.165, 1.54) is 66.5 Å². The lowest BCUT2D eigenvalue weighted by atomic mass is 9.34. The maximum Gasteiger partial charge on any atom is 0.251 e. The van der Waals surface area contributed by atoms with Crippen LogP contribution in [0.2, 0.25) is 0 Å². The van der Waals surface area contributed by atoms with Crippen LogP contribution in [0, 0.1) is 27.7 Å². The van der Waals surface area contributed by atoms with E-state index in [1.807, 2.05) is 0 Å². The maximum absolute atomic E-state index is 6.47. The largest absolute Gasteiger partial charge is 0.458 e. The lowest BCUT2D eigenvalue weighted by Gasteiger charge is -2.36. The van der Waals surface area contributed by atoms with Gasteiger partial charge in [0.1, 0.15) is 11.5 Å². The van der Waals surface area contributed by atoms with Gasteiger partial charge in [0.05, 0.1) is 0 Å². The predicted molar refractivity (Wildman–Crippen MR) is 170 cm³/mol. The van der Waals surface area contributed by atoms with E-state index in [1.54, 1.807) is 11.9 Å². The Hall–Kier alpha value is -3.04. The van der Waals surface area contributed by atoms with Crippen LogP contribution in [0.1, 0.15) is 48.6 Å². The average Bonchev–Trinajstić information content (AvgIpc) is 2.85. The molecule has 0 aliphatic carbocycles. The number of hydrogen-bond donors (Lipinski definition) is 0. The van der Waals surface area contributed by atoms with Gasteiger partial charge in [0.25, 0.3) is 6.71 Å². The molecule has 2 aliphatic rings. The van der Waals surface area contributed by atoms with E-state index < -0.39 is 0 Å². The zero-order chi connectivity index (χ0) is 26.9. The molecule has 2 nitrogen and oxygen atoms in total. The summed E-state index contributed by atoms with van der Waals surface area (Å²) in [4.78, 5) is 0. The number of para-hydroxylation sites is 1. The Morgan fingerprint density at radius 1 is 0.789 bits per heavy atom. The van der Waals surface area contributed by atoms with Gasteiger partial charge in [-0.2, -0.15) is 0 Å². The quantitative estimate of drug-likeness (QED) is 0.244. The highest BCUT2D eigenvalue weighted by Crippen LogP contribution is 2.36. The third-order valence-corrected chi connectivity index (χ3v) is 9.07. The monoisotopic (exact) mass is 515 g/mol. The van der Waals surface area contributed by atoms with Crippen molar-refractivity contribution in [3.8, 4) is 11.5 Å². The van der Waals surface area contributed by atoms with E-state index in [-0.39, 0.29) is 12.1 Å². The van der Waals surface area contributed by atoms with Crippen LogP contribution in [0.5, 0.6) is 11.5 Å². The molecule has 4 aromatic rings. The van der Waals surface area contributed by atoms with Gasteiger partial charge >= 0.3 is 0 Å². The van der Waals surface area contributed by atoms with E-state index in [0.29, 0.717) is 0 Å². The highest BCUT2D eigenvalue weighted by Gasteiger charge is 2.36. The first kappa shape index (κ1) is 25.2. The SMILES string of the molecule is CSN1c2cc(C)c(B3c4ccccc4Oc4cc(C)cc(C)c43)cc2Bc2c(C)cc(C(C)(C)C)cc21. The third-order valence-electron chi connectivity index (χ3n) is 8.31. The summed E-state index contributed by atoms with van der Waals surface area (Å²) < 4.78 is 8.92. The maximum atomic E-state index is 6.47. The molecule has 2 heterocycles. The molecule has 0 atom stereocenters. The lowest BCUT2D eigenvalue weighted by molar-refractivity contribution is 0.486. The Labute approximate surface area is 233 Å². The van der Waals surface area contributed by atoms with Crippen molar-refractivity contribution in [3.63, 3.8) is 0 Å². The second-order valence-corrected chi connectivity index (χ2v) is 12.8. The molecular weight excluding hydrogens is 480 g/mol. The molecule has 0 N–H and O–H groups in total. The van der Waals surface area contributed by atoms with Gasteiger partial charge in [0, 0.05) is 17.6 Å². The van der Waals surface area contributed by atoms with Crippen LogP contribution in [-0.2, 0) is 5.41 Å². The number of anilines is 2. The Balaban J connectivity index is 1.55. The fraction of sp³-hybridized carbons (Fsp3) is 0.273. The summed E-state index contributed by atoms with van der Waals surface area (Å²) in [5.74, 6) is 1.96. The van der Waals surface area contributed by atoms with E-state index in [2.05, 4.69) is 120 Å². The van der Waals surface area contributed by atoms with Crippen LogP contribution in [-0.4, -0.2) is 20.2 Å². The highest BCUT2D eigenvalue weighted by atomic mass is 32.2. The van der Waals surface area contributed by atoms with Crippen molar-refractivity contribution in [2.75, 3.05) is 10.6 Å². The van der Waals surface area contributed by atoms with Crippen molar-refractivity contribution >= 4 is 64.6 Å². The van der Waals surface area contributed by atoms with E-state index in [4.69, 9.17) is 4.74 Å². The van der Waals surface area contributed by atoms with Gasteiger partial charge < -0.3 is 4.74 Å². The second-order valence-electron chi connectivity index (χ2n) is 12.1. The Kier molecular flexibility index (Phi) is 5.99. The minimum atomic E-state index is 0.115. The Bertz CT molecular complexity index is 1600. The van der Waals surface area contributed by atoms with Gasteiger partial charge in [-0.25, -0.2) is 0 Å². The molecule has 0 spiro atoms. The van der Waals surface area contributed by atoms with Gasteiger partial charge in [0.15, 0.2) is 7.28 Å². The van der Waals surface area contributed by atoms with Gasteiger partial charge in [-0.15, -0.1) is 0 Å². The summed E-state index contributed by atoms with van der Waals surface area (Å²) in [5, 5.41) is 0. The molecule has 6 rings (SSSR count). The molecule has 0 aromatic heterocycles. The van der Waals surface area contributed by atoms with Gasteiger partial charge in [-0.1, -0.05) is 90.2 Å². The topological polar surface area (TPSA) is 12.5 Å². The number of ether oxygens (including phenoxy) is 1. The van der Waals surface area contributed by atoms with Gasteiger partial charge in [-0.3, -0.25) is 4.31 Å². The molecule has 0 bridgehead atoms. The number of nitrogens with zero attached hydrogens (tertiary/aromatic N) is 1. The van der Waals surface area contributed by atoms with E-state index in [0.717, 1.165) is 18.8 Å². The van der Waals surface area contributed by atoms with Crippen molar-refractivity contribution < 1.29 is 4.74 Å². The van der Waals surface area contributed by atoms with Crippen LogP contribution < -0.4 is 36.4 Å². The first-order valence-corrected chi connectivity index (χ1v) is 14.7. The summed E-state index contributed by atoms with van der Waals surface area (Å²) >= 11 is 1.80. The molecule has 0 amide bonds. The lowest BCUT2D eigenvalue weighted by Crippen LogP contribution is -2.57. The van der Waals surface area contributed by atoms with Crippen LogP contribution in [0.3, 0.4) is 0 Å². The van der Waals surface area contributed by atoms with Crippen molar-refractivity contribution in [1.29, 1.82) is 0 Å². The molecule has 38 heavy (non-hydrogen) atoms. The minimum absolute atomic E-state index is 0.115. The third kappa shape index (κ3) is 3.98. The summed E-state index contributed by atoms with van der Waals surface area (Å²) in [6, 6.07) is 22.8. The molecule has 0 radical (unpaired) electrons. The average molecular weight is 515 g/mol. The van der Waals surface area contributed by atoms with Crippen LogP contribution in [0.15, 0.2) is 60.7 Å². The first-order valence-electron chi connectivity index (χ1n) is 13.6. The molecule has 190 valence electrons. The summed E-state index contributed by atoms with van der Waals surface area (Å²) in [6.45, 7) is 16.0. The Morgan fingerprint density at radius 3 is 2.29 bits per heavy atom. The van der Waals surface area contributed by atoms with Gasteiger partial charge in [0.2, 0.25) is 0 Å². The standard InChI is InChI=1S/C33H35B2NOS/c1-19-13-22(4)32-30(14-19)37-29-12-10-9-11-25(29)35(32)26-18-24-27(16-20(26)2)36(38-8)28-17-23(33(5,6)7)15-21(3)31(28)34-24/h9-18,34H,1-8H3. The zero-order valence-corrected chi connectivity index (χ0v) is 24.6. The summed E-state index contributed by atoms with van der Waals surface area (Å²) in [7, 11) is 0.954. The normalized spacial score (nSPS) is 13.7. The number of rotatable bonds is 2. The van der Waals surface area contributed by atoms with Crippen molar-refractivity contribution in [3.05, 3.63) is 88.5 Å². The molecule has 0 saturated heterocycles. The molecule has 0 unspecified atom stereocenters. The molecule has 5 heteroatoms. The summed E-state index contributed by atoms with van der Waals surface area (Å²) in [6.07, 6.45) is 2.19. The van der Waals surface area contributed by atoms with Crippen molar-refractivity contribution in [1.82, 2.24) is 0 Å². The molecule has 2 aliphatic heterocycles. The first-order chi connectivity index (χ1) is 18.1. The summed E-state index contributed by atoms with van der Waals surface area (Å²) in [5.41, 5.74) is 16.2. The minimum Gasteiger partial charge on any atom is -0.458 e. The fourth-order valence-corrected chi connectivity index (χ4v) is 7.09. The number of benzene rings is 4. The molecule has 4 aromatic carbocycles.